The van der Waals surface area contributed by atoms with Crippen LogP contribution in [0.1, 0.15) is 15.9 Å². The van der Waals surface area contributed by atoms with Gasteiger partial charge in [0.2, 0.25) is 0 Å². The molecular formula is C17H16BrNO3. The average molecular weight is 362 g/mol. The van der Waals surface area contributed by atoms with E-state index in [4.69, 9.17) is 4.74 Å². The Morgan fingerprint density at radius 3 is 2.91 bits per heavy atom. The lowest BCUT2D eigenvalue weighted by molar-refractivity contribution is 0.0697. The number of fused-ring (bicyclic) bond motifs is 1. The number of carbonyl (C=O) groups is 1. The van der Waals surface area contributed by atoms with Crippen LogP contribution in [0.5, 0.6) is 5.75 Å². The first kappa shape index (κ1) is 14.9. The molecule has 0 aliphatic carbocycles. The Labute approximate surface area is 137 Å². The summed E-state index contributed by atoms with van der Waals surface area (Å²) >= 11 is 3.42. The van der Waals surface area contributed by atoms with Crippen molar-refractivity contribution in [2.24, 2.45) is 0 Å². The summed E-state index contributed by atoms with van der Waals surface area (Å²) in [5.74, 6) is -0.106. The molecule has 0 unspecified atom stereocenters. The van der Waals surface area contributed by atoms with Crippen molar-refractivity contribution in [3.05, 3.63) is 47.5 Å². The summed E-state index contributed by atoms with van der Waals surface area (Å²) in [7, 11) is 0. The van der Waals surface area contributed by atoms with Gasteiger partial charge in [0, 0.05) is 11.9 Å². The zero-order chi connectivity index (χ0) is 15.5. The highest BCUT2D eigenvalue weighted by atomic mass is 79.9. The number of carboxylic acids is 1. The number of hydrogen-bond acceptors (Lipinski definition) is 3. The number of halogens is 1. The first-order valence-electron chi connectivity index (χ1n) is 7.12. The van der Waals surface area contributed by atoms with E-state index in [1.54, 1.807) is 6.07 Å². The summed E-state index contributed by atoms with van der Waals surface area (Å²) < 4.78 is 5.57. The van der Waals surface area contributed by atoms with Crippen LogP contribution in [0.4, 0.5) is 5.69 Å². The van der Waals surface area contributed by atoms with Crippen LogP contribution in [0.2, 0.25) is 0 Å². The molecule has 22 heavy (non-hydrogen) atoms. The van der Waals surface area contributed by atoms with E-state index < -0.39 is 5.97 Å². The minimum Gasteiger partial charge on any atom is -0.490 e. The second-order valence-corrected chi connectivity index (χ2v) is 5.90. The van der Waals surface area contributed by atoms with E-state index >= 15 is 0 Å². The van der Waals surface area contributed by atoms with Gasteiger partial charge in [-0.05, 0) is 41.3 Å². The fourth-order valence-electron chi connectivity index (χ4n) is 2.59. The maximum absolute atomic E-state index is 11.5. The first-order valence-corrected chi connectivity index (χ1v) is 8.24. The van der Waals surface area contributed by atoms with Crippen molar-refractivity contribution in [2.75, 3.05) is 23.8 Å². The third-order valence-electron chi connectivity index (χ3n) is 3.66. The summed E-state index contributed by atoms with van der Waals surface area (Å²) in [6, 6.07) is 11.3. The van der Waals surface area contributed by atoms with Gasteiger partial charge in [-0.25, -0.2) is 4.79 Å². The lowest BCUT2D eigenvalue weighted by Gasteiger charge is -2.20. The van der Waals surface area contributed by atoms with Gasteiger partial charge in [-0.1, -0.05) is 34.1 Å². The lowest BCUT2D eigenvalue weighted by atomic mass is 9.96. The van der Waals surface area contributed by atoms with Gasteiger partial charge in [0.15, 0.2) is 0 Å². The van der Waals surface area contributed by atoms with Crippen molar-refractivity contribution in [3.8, 4) is 16.9 Å². The molecule has 1 heterocycles. The number of anilines is 1. The van der Waals surface area contributed by atoms with Gasteiger partial charge >= 0.3 is 5.97 Å². The van der Waals surface area contributed by atoms with E-state index in [0.29, 0.717) is 12.2 Å². The Morgan fingerprint density at radius 1 is 1.27 bits per heavy atom. The smallest absolute Gasteiger partial charge is 0.336 e. The lowest BCUT2D eigenvalue weighted by Crippen LogP contribution is -2.17. The number of carboxylic acid groups (broad SMARTS) is 1. The predicted molar refractivity (Wildman–Crippen MR) is 90.3 cm³/mol. The number of benzene rings is 2. The number of ether oxygens (including phenoxy) is 1. The standard InChI is InChI=1S/C17H16BrNO3/c18-6-5-11-1-3-13(17(20)21)14(9-11)12-2-4-16-15(10-12)19-7-8-22-16/h1-4,9-10,19H,5-8H2,(H,20,21). The summed E-state index contributed by atoms with van der Waals surface area (Å²) in [4.78, 5) is 11.5. The molecule has 0 aromatic heterocycles. The molecule has 3 rings (SSSR count). The van der Waals surface area contributed by atoms with Gasteiger partial charge < -0.3 is 15.2 Å². The molecule has 1 aliphatic rings. The Balaban J connectivity index is 2.09. The topological polar surface area (TPSA) is 58.6 Å². The number of aryl methyl sites for hydroxylation is 1. The number of alkyl halides is 1. The van der Waals surface area contributed by atoms with E-state index in [1.165, 1.54) is 0 Å². The third kappa shape index (κ3) is 2.95. The molecular weight excluding hydrogens is 346 g/mol. The van der Waals surface area contributed by atoms with E-state index in [9.17, 15) is 9.90 Å². The predicted octanol–water partition coefficient (Wildman–Crippen LogP) is 3.79. The van der Waals surface area contributed by atoms with Crippen molar-refractivity contribution in [1.82, 2.24) is 0 Å². The molecule has 0 spiro atoms. The Hall–Kier alpha value is -2.01. The van der Waals surface area contributed by atoms with Gasteiger partial charge in [0.25, 0.3) is 0 Å². The quantitative estimate of drug-likeness (QED) is 0.813. The van der Waals surface area contributed by atoms with Gasteiger partial charge in [-0.15, -0.1) is 0 Å². The van der Waals surface area contributed by atoms with Crippen molar-refractivity contribution < 1.29 is 14.6 Å². The minimum atomic E-state index is -0.915. The minimum absolute atomic E-state index is 0.315. The second-order valence-electron chi connectivity index (χ2n) is 5.11. The first-order chi connectivity index (χ1) is 10.7. The van der Waals surface area contributed by atoms with Crippen LogP contribution in [0.3, 0.4) is 0 Å². The zero-order valence-corrected chi connectivity index (χ0v) is 13.5. The summed E-state index contributed by atoms with van der Waals surface area (Å²) in [6.07, 6.45) is 0.860. The van der Waals surface area contributed by atoms with Crippen LogP contribution in [0.25, 0.3) is 11.1 Å². The normalized spacial score (nSPS) is 13.0. The molecule has 0 radical (unpaired) electrons. The molecule has 0 saturated carbocycles. The van der Waals surface area contributed by atoms with Crippen molar-refractivity contribution >= 4 is 27.6 Å². The molecule has 0 saturated heterocycles. The highest BCUT2D eigenvalue weighted by molar-refractivity contribution is 9.09. The highest BCUT2D eigenvalue weighted by Crippen LogP contribution is 2.34. The Bertz CT molecular complexity index is 715. The summed E-state index contributed by atoms with van der Waals surface area (Å²) in [6.45, 7) is 1.40. The molecule has 114 valence electrons. The fourth-order valence-corrected chi connectivity index (χ4v) is 3.05. The van der Waals surface area contributed by atoms with Crippen molar-refractivity contribution in [2.45, 2.75) is 6.42 Å². The number of rotatable bonds is 4. The molecule has 2 aromatic carbocycles. The molecule has 0 atom stereocenters. The maximum atomic E-state index is 11.5. The van der Waals surface area contributed by atoms with Gasteiger partial charge in [-0.3, -0.25) is 0 Å². The van der Waals surface area contributed by atoms with Crippen LogP contribution >= 0.6 is 15.9 Å². The van der Waals surface area contributed by atoms with E-state index in [-0.39, 0.29) is 0 Å². The Morgan fingerprint density at radius 2 is 2.14 bits per heavy atom. The van der Waals surface area contributed by atoms with Crippen LogP contribution < -0.4 is 10.1 Å². The summed E-state index contributed by atoms with van der Waals surface area (Å²) in [5, 5.41) is 13.6. The van der Waals surface area contributed by atoms with E-state index in [1.807, 2.05) is 30.3 Å². The number of nitrogens with one attached hydrogen (secondary N) is 1. The largest absolute Gasteiger partial charge is 0.490 e. The fraction of sp³-hybridized carbons (Fsp3) is 0.235. The molecule has 2 aromatic rings. The average Bonchev–Trinajstić information content (AvgIpc) is 2.54. The Kier molecular flexibility index (Phi) is 4.34. The third-order valence-corrected chi connectivity index (χ3v) is 4.06. The van der Waals surface area contributed by atoms with Gasteiger partial charge in [0.1, 0.15) is 12.4 Å². The number of aromatic carboxylic acids is 1. The SMILES string of the molecule is O=C(O)c1ccc(CCBr)cc1-c1ccc2c(c1)NCCO2. The van der Waals surface area contributed by atoms with Gasteiger partial charge in [0.05, 0.1) is 11.3 Å². The number of hydrogen-bond donors (Lipinski definition) is 2. The van der Waals surface area contributed by atoms with Gasteiger partial charge in [-0.2, -0.15) is 0 Å². The monoisotopic (exact) mass is 361 g/mol. The molecule has 0 amide bonds. The van der Waals surface area contributed by atoms with Crippen molar-refractivity contribution in [1.29, 1.82) is 0 Å². The summed E-state index contributed by atoms with van der Waals surface area (Å²) in [5.41, 5.74) is 3.95. The van der Waals surface area contributed by atoms with Crippen LogP contribution in [-0.2, 0) is 6.42 Å². The molecule has 4 nitrogen and oxygen atoms in total. The molecule has 0 fully saturated rings. The molecule has 5 heteroatoms. The molecule has 0 bridgehead atoms. The van der Waals surface area contributed by atoms with Crippen LogP contribution in [0.15, 0.2) is 36.4 Å². The van der Waals surface area contributed by atoms with Crippen LogP contribution in [-0.4, -0.2) is 29.6 Å². The highest BCUT2D eigenvalue weighted by Gasteiger charge is 2.15. The van der Waals surface area contributed by atoms with Crippen molar-refractivity contribution in [3.63, 3.8) is 0 Å². The molecule has 1 aliphatic heterocycles. The maximum Gasteiger partial charge on any atom is 0.336 e. The van der Waals surface area contributed by atoms with Crippen LogP contribution in [0, 0.1) is 0 Å². The van der Waals surface area contributed by atoms with E-state index in [0.717, 1.165) is 46.4 Å². The van der Waals surface area contributed by atoms with E-state index in [2.05, 4.69) is 21.2 Å². The second kappa shape index (κ2) is 6.40. The molecule has 2 N–H and O–H groups in total. The zero-order valence-electron chi connectivity index (χ0n) is 11.9.